The highest BCUT2D eigenvalue weighted by molar-refractivity contribution is 5.91. The van der Waals surface area contributed by atoms with Gasteiger partial charge in [0.1, 0.15) is 17.3 Å². The average molecular weight is 420 g/mol. The first kappa shape index (κ1) is 20.7. The molecule has 0 saturated carbocycles. The van der Waals surface area contributed by atoms with Gasteiger partial charge in [-0.25, -0.2) is 4.39 Å². The molecule has 1 amide bonds. The molecular weight excluding hydrogens is 395 g/mol. The number of carbonyl (C=O) groups is 1. The molecule has 1 fully saturated rings. The molecular formula is C25H25FN2O3. The van der Waals surface area contributed by atoms with E-state index >= 15 is 0 Å². The number of para-hydroxylation sites is 1. The highest BCUT2D eigenvalue weighted by atomic mass is 19.1. The fraction of sp³-hybridized carbons (Fsp3) is 0.240. The lowest BCUT2D eigenvalue weighted by Gasteiger charge is -2.19. The fourth-order valence-electron chi connectivity index (χ4n) is 4.05. The Morgan fingerprint density at radius 2 is 1.68 bits per heavy atom. The van der Waals surface area contributed by atoms with Crippen LogP contribution in [0.1, 0.15) is 19.8 Å². The zero-order valence-corrected chi connectivity index (χ0v) is 17.6. The number of aromatic hydroxyl groups is 1. The number of amides is 1. The maximum absolute atomic E-state index is 14.8. The molecule has 1 saturated heterocycles. The Labute approximate surface area is 181 Å². The first-order chi connectivity index (χ1) is 15.0. The smallest absolute Gasteiger partial charge is 0.221 e. The van der Waals surface area contributed by atoms with Crippen molar-refractivity contribution in [3.05, 3.63) is 60.4 Å². The summed E-state index contributed by atoms with van der Waals surface area (Å²) in [5.74, 6) is 0.0597. The van der Waals surface area contributed by atoms with Crippen LogP contribution < -0.4 is 15.0 Å². The van der Waals surface area contributed by atoms with E-state index in [-0.39, 0.29) is 17.5 Å². The van der Waals surface area contributed by atoms with E-state index in [0.717, 1.165) is 31.5 Å². The van der Waals surface area contributed by atoms with Crippen molar-refractivity contribution in [1.29, 1.82) is 0 Å². The van der Waals surface area contributed by atoms with E-state index in [1.54, 1.807) is 36.4 Å². The minimum Gasteiger partial charge on any atom is -0.507 e. The van der Waals surface area contributed by atoms with Gasteiger partial charge in [0.2, 0.25) is 5.91 Å². The maximum atomic E-state index is 14.8. The van der Waals surface area contributed by atoms with Crippen LogP contribution in [0.15, 0.2) is 54.6 Å². The van der Waals surface area contributed by atoms with Crippen molar-refractivity contribution in [3.63, 3.8) is 0 Å². The van der Waals surface area contributed by atoms with Crippen molar-refractivity contribution in [3.8, 4) is 33.8 Å². The second-order valence-electron chi connectivity index (χ2n) is 7.66. The molecule has 5 nitrogen and oxygen atoms in total. The van der Waals surface area contributed by atoms with E-state index in [0.29, 0.717) is 33.8 Å². The van der Waals surface area contributed by atoms with Crippen LogP contribution >= 0.6 is 0 Å². The molecule has 1 aliphatic rings. The number of anilines is 2. The minimum absolute atomic E-state index is 0.0603. The predicted molar refractivity (Wildman–Crippen MR) is 121 cm³/mol. The number of nitrogens with one attached hydrogen (secondary N) is 1. The van der Waals surface area contributed by atoms with Gasteiger partial charge < -0.3 is 20.1 Å². The van der Waals surface area contributed by atoms with Crippen LogP contribution in [0.5, 0.6) is 11.5 Å². The van der Waals surface area contributed by atoms with Crippen molar-refractivity contribution < 1.29 is 19.0 Å². The lowest BCUT2D eigenvalue weighted by Crippen LogP contribution is -2.18. The first-order valence-electron chi connectivity index (χ1n) is 10.3. The van der Waals surface area contributed by atoms with Crippen LogP contribution in [0.25, 0.3) is 22.3 Å². The Kier molecular flexibility index (Phi) is 5.80. The van der Waals surface area contributed by atoms with Crippen LogP contribution in [0, 0.1) is 5.82 Å². The third kappa shape index (κ3) is 4.19. The molecule has 0 unspecified atom stereocenters. The van der Waals surface area contributed by atoms with Crippen LogP contribution in [-0.4, -0.2) is 31.2 Å². The highest BCUT2D eigenvalue weighted by Gasteiger charge is 2.18. The van der Waals surface area contributed by atoms with Crippen LogP contribution in [0.3, 0.4) is 0 Å². The molecule has 0 bridgehead atoms. The van der Waals surface area contributed by atoms with Gasteiger partial charge >= 0.3 is 0 Å². The predicted octanol–water partition coefficient (Wildman–Crippen LogP) is 5.43. The van der Waals surface area contributed by atoms with Crippen molar-refractivity contribution in [2.24, 2.45) is 0 Å². The number of halogens is 1. The van der Waals surface area contributed by atoms with Gasteiger partial charge in [-0.05, 0) is 48.2 Å². The van der Waals surface area contributed by atoms with Crippen molar-refractivity contribution in [1.82, 2.24) is 0 Å². The van der Waals surface area contributed by atoms with Crippen molar-refractivity contribution >= 4 is 17.3 Å². The Hall–Kier alpha value is -3.54. The Morgan fingerprint density at radius 3 is 2.29 bits per heavy atom. The summed E-state index contributed by atoms with van der Waals surface area (Å²) < 4.78 is 20.2. The molecule has 31 heavy (non-hydrogen) atoms. The summed E-state index contributed by atoms with van der Waals surface area (Å²) in [5.41, 5.74) is 3.63. The third-order valence-electron chi connectivity index (χ3n) is 5.56. The molecule has 2 N–H and O–H groups in total. The number of hydrogen-bond acceptors (Lipinski definition) is 4. The summed E-state index contributed by atoms with van der Waals surface area (Å²) in [5, 5.41) is 13.7. The average Bonchev–Trinajstić information content (AvgIpc) is 3.28. The van der Waals surface area contributed by atoms with E-state index in [9.17, 15) is 14.3 Å². The molecule has 6 heteroatoms. The number of nitrogens with zero attached hydrogens (tertiary/aromatic N) is 1. The quantitative estimate of drug-likeness (QED) is 0.578. The Morgan fingerprint density at radius 1 is 1.03 bits per heavy atom. The zero-order chi connectivity index (χ0) is 22.0. The van der Waals surface area contributed by atoms with Crippen molar-refractivity contribution in [2.75, 3.05) is 30.4 Å². The van der Waals surface area contributed by atoms with Crippen LogP contribution in [0.2, 0.25) is 0 Å². The van der Waals surface area contributed by atoms with E-state index in [2.05, 4.69) is 10.2 Å². The van der Waals surface area contributed by atoms with Gasteiger partial charge in [0.15, 0.2) is 0 Å². The molecule has 1 aliphatic heterocycles. The number of carbonyl (C=O) groups excluding carboxylic acids is 1. The van der Waals surface area contributed by atoms with Gasteiger partial charge in [-0.15, -0.1) is 0 Å². The highest BCUT2D eigenvalue weighted by Crippen LogP contribution is 2.41. The van der Waals surface area contributed by atoms with Gasteiger partial charge in [-0.1, -0.05) is 30.3 Å². The summed E-state index contributed by atoms with van der Waals surface area (Å²) in [4.78, 5) is 13.4. The number of benzene rings is 3. The summed E-state index contributed by atoms with van der Waals surface area (Å²) >= 11 is 0. The second-order valence-corrected chi connectivity index (χ2v) is 7.66. The lowest BCUT2D eigenvalue weighted by atomic mass is 9.96. The SMILES string of the molecule is COc1cc(-c2cccc(-c3ccc(N4CCCC4)c(F)c3)c2O)ccc1NC(C)=O. The van der Waals surface area contributed by atoms with E-state index in [4.69, 9.17) is 4.74 Å². The van der Waals surface area contributed by atoms with Crippen LogP contribution in [0.4, 0.5) is 15.8 Å². The van der Waals surface area contributed by atoms with Gasteiger partial charge in [-0.3, -0.25) is 4.79 Å². The normalized spacial score (nSPS) is 13.3. The largest absolute Gasteiger partial charge is 0.507 e. The number of phenols is 1. The molecule has 3 aromatic rings. The molecule has 0 atom stereocenters. The maximum Gasteiger partial charge on any atom is 0.221 e. The summed E-state index contributed by atoms with van der Waals surface area (Å²) in [6, 6.07) is 15.8. The number of methoxy groups -OCH3 is 1. The number of phenolic OH excluding ortho intramolecular Hbond substituents is 1. The molecule has 1 heterocycles. The molecule has 3 aromatic carbocycles. The monoisotopic (exact) mass is 420 g/mol. The molecule has 4 rings (SSSR count). The zero-order valence-electron chi connectivity index (χ0n) is 17.6. The molecule has 160 valence electrons. The topological polar surface area (TPSA) is 61.8 Å². The number of hydrogen-bond donors (Lipinski definition) is 2. The van der Waals surface area contributed by atoms with E-state index in [1.807, 2.05) is 12.1 Å². The third-order valence-corrected chi connectivity index (χ3v) is 5.56. The Balaban J connectivity index is 1.70. The molecule has 0 aliphatic carbocycles. The van der Waals surface area contributed by atoms with Gasteiger partial charge in [0.05, 0.1) is 18.5 Å². The molecule has 0 spiro atoms. The standard InChI is InChI=1S/C25H25FN2O3/c1-16(29)27-22-10-8-18(15-24(22)31-2)20-7-5-6-19(25(20)30)17-9-11-23(21(26)14-17)28-12-3-4-13-28/h5-11,14-15,30H,3-4,12-13H2,1-2H3,(H,27,29). The summed E-state index contributed by atoms with van der Waals surface area (Å²) in [6.07, 6.45) is 2.16. The van der Waals surface area contributed by atoms with E-state index < -0.39 is 0 Å². The number of rotatable bonds is 5. The summed E-state index contributed by atoms with van der Waals surface area (Å²) in [7, 11) is 1.52. The number of ether oxygens (including phenoxy) is 1. The molecule has 0 radical (unpaired) electrons. The lowest BCUT2D eigenvalue weighted by molar-refractivity contribution is -0.114. The fourth-order valence-corrected chi connectivity index (χ4v) is 4.05. The minimum atomic E-state index is -0.287. The Bertz CT molecular complexity index is 1120. The van der Waals surface area contributed by atoms with E-state index in [1.165, 1.54) is 20.1 Å². The molecule has 0 aromatic heterocycles. The van der Waals surface area contributed by atoms with Crippen molar-refractivity contribution in [2.45, 2.75) is 19.8 Å². The van der Waals surface area contributed by atoms with Gasteiger partial charge in [0, 0.05) is 31.1 Å². The van der Waals surface area contributed by atoms with Gasteiger partial charge in [0.25, 0.3) is 0 Å². The van der Waals surface area contributed by atoms with Gasteiger partial charge in [-0.2, -0.15) is 0 Å². The first-order valence-corrected chi connectivity index (χ1v) is 10.3. The van der Waals surface area contributed by atoms with Crippen LogP contribution in [-0.2, 0) is 4.79 Å². The second kappa shape index (κ2) is 8.68. The summed E-state index contributed by atoms with van der Waals surface area (Å²) in [6.45, 7) is 3.16.